The van der Waals surface area contributed by atoms with Crippen molar-refractivity contribution in [3.8, 4) is 22.9 Å². The molecule has 0 fully saturated rings. The number of anilines is 1. The van der Waals surface area contributed by atoms with Gasteiger partial charge in [0.15, 0.2) is 5.65 Å². The lowest BCUT2D eigenvalue weighted by molar-refractivity contribution is 0.870. The molecule has 0 aliphatic rings. The molecule has 4 aromatic rings. The molecule has 3 aromatic heterocycles. The van der Waals surface area contributed by atoms with E-state index in [2.05, 4.69) is 35.3 Å². The van der Waals surface area contributed by atoms with Gasteiger partial charge in [-0.15, -0.1) is 17.8 Å². The molecule has 1 unspecified atom stereocenters. The summed E-state index contributed by atoms with van der Waals surface area (Å²) >= 11 is 1.60. The molecule has 0 spiro atoms. The molecule has 0 bridgehead atoms. The van der Waals surface area contributed by atoms with Gasteiger partial charge in [0.05, 0.1) is 11.1 Å². The number of aromatic nitrogens is 3. The molecule has 0 aliphatic heterocycles. The Kier molecular flexibility index (Phi) is 3.96. The minimum absolute atomic E-state index is 0.127. The van der Waals surface area contributed by atoms with E-state index in [1.165, 1.54) is 5.56 Å². The molecule has 0 amide bonds. The van der Waals surface area contributed by atoms with Crippen molar-refractivity contribution in [1.82, 2.24) is 14.4 Å². The fourth-order valence-corrected chi connectivity index (χ4v) is 3.69. The Labute approximate surface area is 150 Å². The third-order valence-corrected chi connectivity index (χ3v) is 5.04. The molecule has 25 heavy (non-hydrogen) atoms. The zero-order valence-electron chi connectivity index (χ0n) is 13.7. The van der Waals surface area contributed by atoms with Gasteiger partial charge in [0.25, 0.3) is 0 Å². The number of thiophene rings is 1. The van der Waals surface area contributed by atoms with Crippen molar-refractivity contribution in [2.24, 2.45) is 0 Å². The first-order valence-corrected chi connectivity index (χ1v) is 8.84. The minimum Gasteiger partial charge on any atom is -0.363 e. The van der Waals surface area contributed by atoms with Crippen molar-refractivity contribution in [2.75, 3.05) is 5.32 Å². The first kappa shape index (κ1) is 15.4. The molecule has 3 heterocycles. The van der Waals surface area contributed by atoms with Crippen LogP contribution < -0.4 is 5.32 Å². The third kappa shape index (κ3) is 2.77. The highest BCUT2D eigenvalue weighted by molar-refractivity contribution is 7.13. The monoisotopic (exact) mass is 344 g/mol. The maximum Gasteiger partial charge on any atom is 0.157 e. The van der Waals surface area contributed by atoms with E-state index in [9.17, 15) is 0 Å². The van der Waals surface area contributed by atoms with Crippen LogP contribution in [0.4, 0.5) is 5.82 Å². The van der Waals surface area contributed by atoms with E-state index in [-0.39, 0.29) is 6.04 Å². The molecule has 1 N–H and O–H groups in total. The van der Waals surface area contributed by atoms with Crippen molar-refractivity contribution in [3.05, 3.63) is 71.5 Å². The number of benzene rings is 1. The normalized spacial score (nSPS) is 12.0. The van der Waals surface area contributed by atoms with Gasteiger partial charge in [-0.25, -0.2) is 4.98 Å². The van der Waals surface area contributed by atoms with Gasteiger partial charge in [-0.05, 0) is 23.9 Å². The van der Waals surface area contributed by atoms with E-state index in [1.807, 2.05) is 40.2 Å². The van der Waals surface area contributed by atoms with Crippen molar-refractivity contribution >= 4 is 22.8 Å². The molecule has 1 aromatic carbocycles. The van der Waals surface area contributed by atoms with E-state index < -0.39 is 0 Å². The smallest absolute Gasteiger partial charge is 0.157 e. The molecule has 4 rings (SSSR count). The standard InChI is InChI=1S/C20H16N4S/c1-3-15-9-12-25-19(15)18-20(24-11-10-21-13-17(24)23-18)22-14(2)16-7-5-4-6-8-16/h1,4-14,22H,2H3. The van der Waals surface area contributed by atoms with Gasteiger partial charge in [-0.2, -0.15) is 0 Å². The number of nitrogens with one attached hydrogen (secondary N) is 1. The predicted molar refractivity (Wildman–Crippen MR) is 103 cm³/mol. The number of fused-ring (bicyclic) bond motifs is 1. The number of rotatable bonds is 4. The lowest BCUT2D eigenvalue weighted by Gasteiger charge is -2.16. The lowest BCUT2D eigenvalue weighted by atomic mass is 10.1. The summed E-state index contributed by atoms with van der Waals surface area (Å²) in [5, 5.41) is 5.60. The Hall–Kier alpha value is -3.10. The molecule has 1 atom stereocenters. The Morgan fingerprint density at radius 3 is 2.88 bits per heavy atom. The summed E-state index contributed by atoms with van der Waals surface area (Å²) in [7, 11) is 0. The zero-order valence-corrected chi connectivity index (χ0v) is 14.5. The summed E-state index contributed by atoms with van der Waals surface area (Å²) in [4.78, 5) is 9.94. The quantitative estimate of drug-likeness (QED) is 0.550. The van der Waals surface area contributed by atoms with Crippen LogP contribution in [0.3, 0.4) is 0 Å². The van der Waals surface area contributed by atoms with Gasteiger partial charge >= 0.3 is 0 Å². The van der Waals surface area contributed by atoms with E-state index in [0.717, 1.165) is 27.6 Å². The second kappa shape index (κ2) is 6.42. The highest BCUT2D eigenvalue weighted by Crippen LogP contribution is 2.36. The highest BCUT2D eigenvalue weighted by Gasteiger charge is 2.19. The van der Waals surface area contributed by atoms with Crippen LogP contribution >= 0.6 is 11.3 Å². The van der Waals surface area contributed by atoms with Crippen molar-refractivity contribution in [2.45, 2.75) is 13.0 Å². The third-order valence-electron chi connectivity index (χ3n) is 4.12. The average molecular weight is 344 g/mol. The lowest BCUT2D eigenvalue weighted by Crippen LogP contribution is -2.09. The van der Waals surface area contributed by atoms with E-state index in [1.54, 1.807) is 23.7 Å². The van der Waals surface area contributed by atoms with Gasteiger partial charge < -0.3 is 5.32 Å². The Morgan fingerprint density at radius 2 is 2.08 bits per heavy atom. The molecule has 122 valence electrons. The molecule has 0 aliphatic carbocycles. The van der Waals surface area contributed by atoms with Crippen LogP contribution in [-0.4, -0.2) is 14.4 Å². The topological polar surface area (TPSA) is 42.2 Å². The average Bonchev–Trinajstić information content (AvgIpc) is 3.27. The molecule has 0 radical (unpaired) electrons. The second-order valence-electron chi connectivity index (χ2n) is 5.70. The van der Waals surface area contributed by atoms with E-state index in [0.29, 0.717) is 0 Å². The van der Waals surface area contributed by atoms with E-state index >= 15 is 0 Å². The molecule has 5 heteroatoms. The number of imidazole rings is 1. The van der Waals surface area contributed by atoms with Gasteiger partial charge in [-0.1, -0.05) is 36.3 Å². The van der Waals surface area contributed by atoms with Gasteiger partial charge in [-0.3, -0.25) is 9.38 Å². The van der Waals surface area contributed by atoms with Crippen molar-refractivity contribution in [3.63, 3.8) is 0 Å². The Bertz CT molecular complexity index is 1060. The van der Waals surface area contributed by atoms with Crippen molar-refractivity contribution in [1.29, 1.82) is 0 Å². The maximum atomic E-state index is 5.66. The fourth-order valence-electron chi connectivity index (χ4n) is 2.84. The molecule has 0 saturated carbocycles. The molecular weight excluding hydrogens is 328 g/mol. The largest absolute Gasteiger partial charge is 0.363 e. The summed E-state index contributed by atoms with van der Waals surface area (Å²) in [5.74, 6) is 3.67. The van der Waals surface area contributed by atoms with Gasteiger partial charge in [0.2, 0.25) is 0 Å². The van der Waals surface area contributed by atoms with Crippen molar-refractivity contribution < 1.29 is 0 Å². The van der Waals surface area contributed by atoms with Gasteiger partial charge in [0.1, 0.15) is 11.5 Å². The van der Waals surface area contributed by atoms with Crippen LogP contribution in [0.1, 0.15) is 24.1 Å². The minimum atomic E-state index is 0.127. The summed E-state index contributed by atoms with van der Waals surface area (Å²) in [6.45, 7) is 2.14. The number of nitrogens with zero attached hydrogens (tertiary/aromatic N) is 3. The van der Waals surface area contributed by atoms with E-state index in [4.69, 9.17) is 11.4 Å². The van der Waals surface area contributed by atoms with Gasteiger partial charge in [0, 0.05) is 24.0 Å². The van der Waals surface area contributed by atoms with Crippen LogP contribution in [0.2, 0.25) is 0 Å². The number of hydrogen-bond donors (Lipinski definition) is 1. The highest BCUT2D eigenvalue weighted by atomic mass is 32.1. The zero-order chi connectivity index (χ0) is 17.2. The summed E-state index contributed by atoms with van der Waals surface area (Å²) < 4.78 is 2.02. The van der Waals surface area contributed by atoms with Crippen LogP contribution in [-0.2, 0) is 0 Å². The number of hydrogen-bond acceptors (Lipinski definition) is 4. The Balaban J connectivity index is 1.84. The van der Waals surface area contributed by atoms with Crippen LogP contribution in [0.25, 0.3) is 16.2 Å². The molecule has 0 saturated heterocycles. The van der Waals surface area contributed by atoms with Crippen LogP contribution in [0, 0.1) is 12.3 Å². The molecular formula is C20H16N4S. The molecule has 4 nitrogen and oxygen atoms in total. The fraction of sp³-hybridized carbons (Fsp3) is 0.100. The predicted octanol–water partition coefficient (Wildman–Crippen LogP) is 4.61. The first-order chi connectivity index (χ1) is 12.3. The number of terminal acetylenes is 1. The SMILES string of the molecule is C#Cc1ccsc1-c1nc2cnccn2c1NC(C)c1ccccc1. The Morgan fingerprint density at radius 1 is 1.24 bits per heavy atom. The van der Waals surface area contributed by atoms with Crippen LogP contribution in [0.5, 0.6) is 0 Å². The second-order valence-corrected chi connectivity index (χ2v) is 6.61. The summed E-state index contributed by atoms with van der Waals surface area (Å²) in [5.41, 5.74) is 3.72. The maximum absolute atomic E-state index is 5.66. The summed E-state index contributed by atoms with van der Waals surface area (Å²) in [6.07, 6.45) is 11.1. The first-order valence-electron chi connectivity index (χ1n) is 7.96. The van der Waals surface area contributed by atoms with Crippen LogP contribution in [0.15, 0.2) is 60.4 Å². The summed E-state index contributed by atoms with van der Waals surface area (Å²) in [6, 6.07) is 12.4.